The Morgan fingerprint density at radius 1 is 0.743 bits per heavy atom. The Balaban J connectivity index is 1.55. The molecule has 1 heterocycles. The molecule has 0 aliphatic heterocycles. The Kier molecular flexibility index (Phi) is 5.76. The highest BCUT2D eigenvalue weighted by Crippen LogP contribution is 2.31. The third-order valence-corrected chi connectivity index (χ3v) is 6.68. The summed E-state index contributed by atoms with van der Waals surface area (Å²) in [5, 5.41) is 7.88. The van der Waals surface area contributed by atoms with Crippen molar-refractivity contribution in [1.29, 1.82) is 0 Å². The highest BCUT2D eigenvalue weighted by atomic mass is 32.2. The number of sulfonamides is 1. The number of hydrogen-bond acceptors (Lipinski definition) is 6. The summed E-state index contributed by atoms with van der Waals surface area (Å²) in [7, 11) is -3.99. The molecule has 0 spiro atoms. The average molecular weight is 484 g/mol. The summed E-state index contributed by atoms with van der Waals surface area (Å²) in [6.07, 6.45) is 0. The largest absolute Gasteiger partial charge is 0.337 e. The normalized spacial score (nSPS) is 11.3. The maximum absolute atomic E-state index is 13.2. The average Bonchev–Trinajstić information content (AvgIpc) is 2.84. The van der Waals surface area contributed by atoms with Crippen molar-refractivity contribution in [3.05, 3.63) is 91.0 Å². The summed E-state index contributed by atoms with van der Waals surface area (Å²) in [6, 6.07) is 26.8. The van der Waals surface area contributed by atoms with Crippen LogP contribution >= 0.6 is 0 Å². The van der Waals surface area contributed by atoms with Crippen molar-refractivity contribution in [2.24, 2.45) is 0 Å². The van der Waals surface area contributed by atoms with Crippen LogP contribution in [0.15, 0.2) is 95.9 Å². The Morgan fingerprint density at radius 2 is 1.37 bits per heavy atom. The second-order valence-electron chi connectivity index (χ2n) is 7.87. The number of hydrogen-bond donors (Lipinski definition) is 3. The molecular formula is C26H21N5O3S. The number of anilines is 4. The summed E-state index contributed by atoms with van der Waals surface area (Å²) in [6.45, 7) is 1.38. The zero-order chi connectivity index (χ0) is 24.4. The fourth-order valence-electron chi connectivity index (χ4n) is 3.73. The number of carbonyl (C=O) groups is 1. The van der Waals surface area contributed by atoms with Gasteiger partial charge in [0.25, 0.3) is 10.0 Å². The van der Waals surface area contributed by atoms with Crippen molar-refractivity contribution >= 4 is 60.7 Å². The van der Waals surface area contributed by atoms with Gasteiger partial charge in [0, 0.05) is 23.7 Å². The minimum Gasteiger partial charge on any atom is -0.337 e. The fourth-order valence-corrected chi connectivity index (χ4v) is 4.74. The van der Waals surface area contributed by atoms with Gasteiger partial charge in [-0.15, -0.1) is 0 Å². The summed E-state index contributed by atoms with van der Waals surface area (Å²) < 4.78 is 29.0. The number of rotatable bonds is 6. The van der Waals surface area contributed by atoms with E-state index >= 15 is 0 Å². The summed E-state index contributed by atoms with van der Waals surface area (Å²) in [4.78, 5) is 20.5. The van der Waals surface area contributed by atoms with Gasteiger partial charge >= 0.3 is 0 Å². The van der Waals surface area contributed by atoms with Crippen molar-refractivity contribution in [3.63, 3.8) is 0 Å². The molecular weight excluding hydrogens is 462 g/mol. The topological polar surface area (TPSA) is 113 Å². The molecule has 1 aromatic heterocycles. The van der Waals surface area contributed by atoms with Gasteiger partial charge in [0.15, 0.2) is 11.6 Å². The molecule has 0 unspecified atom stereocenters. The number of para-hydroxylation sites is 2. The van der Waals surface area contributed by atoms with E-state index in [2.05, 4.69) is 25.3 Å². The number of nitrogens with one attached hydrogen (secondary N) is 3. The highest BCUT2D eigenvalue weighted by Gasteiger charge is 2.19. The van der Waals surface area contributed by atoms with Gasteiger partial charge in [0.2, 0.25) is 5.91 Å². The predicted octanol–water partition coefficient (Wildman–Crippen LogP) is 5.29. The maximum atomic E-state index is 13.2. The number of nitrogens with zero attached hydrogens (tertiary/aromatic N) is 2. The lowest BCUT2D eigenvalue weighted by atomic mass is 10.1. The van der Waals surface area contributed by atoms with E-state index in [-0.39, 0.29) is 22.4 Å². The number of amides is 1. The molecule has 0 aliphatic rings. The minimum absolute atomic E-state index is 0.0256. The van der Waals surface area contributed by atoms with Crippen molar-refractivity contribution < 1.29 is 13.2 Å². The van der Waals surface area contributed by atoms with E-state index in [9.17, 15) is 13.2 Å². The molecule has 9 heteroatoms. The molecule has 0 fully saturated rings. The Hall–Kier alpha value is -4.50. The van der Waals surface area contributed by atoms with Gasteiger partial charge in [-0.3, -0.25) is 9.52 Å². The molecule has 1 amide bonds. The highest BCUT2D eigenvalue weighted by molar-refractivity contribution is 7.92. The maximum Gasteiger partial charge on any atom is 0.263 e. The van der Waals surface area contributed by atoms with E-state index in [0.29, 0.717) is 16.7 Å². The van der Waals surface area contributed by atoms with Gasteiger partial charge in [0.05, 0.1) is 15.9 Å². The summed E-state index contributed by atoms with van der Waals surface area (Å²) >= 11 is 0. The van der Waals surface area contributed by atoms with Gasteiger partial charge < -0.3 is 10.6 Å². The third kappa shape index (κ3) is 4.75. The van der Waals surface area contributed by atoms with Crippen LogP contribution in [0, 0.1) is 0 Å². The van der Waals surface area contributed by atoms with Gasteiger partial charge in [-0.2, -0.15) is 0 Å². The Morgan fingerprint density at radius 3 is 2.09 bits per heavy atom. The van der Waals surface area contributed by atoms with Crippen LogP contribution in [-0.4, -0.2) is 24.3 Å². The van der Waals surface area contributed by atoms with Crippen LogP contribution in [-0.2, 0) is 14.8 Å². The number of benzene rings is 4. The first-order chi connectivity index (χ1) is 16.9. The Labute approximate surface area is 202 Å². The monoisotopic (exact) mass is 483 g/mol. The molecule has 0 radical (unpaired) electrons. The van der Waals surface area contributed by atoms with Crippen molar-refractivity contribution in [2.75, 3.05) is 15.4 Å². The predicted molar refractivity (Wildman–Crippen MR) is 138 cm³/mol. The zero-order valence-corrected chi connectivity index (χ0v) is 19.5. The number of aromatic nitrogens is 2. The third-order valence-electron chi connectivity index (χ3n) is 5.33. The second-order valence-corrected chi connectivity index (χ2v) is 9.55. The van der Waals surface area contributed by atoms with Crippen molar-refractivity contribution in [1.82, 2.24) is 9.97 Å². The molecule has 4 aromatic carbocycles. The molecule has 0 aliphatic carbocycles. The Bertz CT molecular complexity index is 1660. The molecule has 8 nitrogen and oxygen atoms in total. The molecule has 5 rings (SSSR count). The van der Waals surface area contributed by atoms with Crippen LogP contribution in [0.5, 0.6) is 0 Å². The van der Waals surface area contributed by atoms with E-state index in [1.165, 1.54) is 31.2 Å². The lowest BCUT2D eigenvalue weighted by molar-refractivity contribution is -0.114. The first-order valence-electron chi connectivity index (χ1n) is 10.8. The lowest BCUT2D eigenvalue weighted by Gasteiger charge is -2.15. The van der Waals surface area contributed by atoms with Crippen molar-refractivity contribution in [2.45, 2.75) is 11.8 Å². The van der Waals surface area contributed by atoms with E-state index in [1.54, 1.807) is 6.07 Å². The van der Waals surface area contributed by atoms with E-state index in [0.717, 1.165) is 16.5 Å². The lowest BCUT2D eigenvalue weighted by Crippen LogP contribution is -2.16. The standard InChI is InChI=1S/C26H21N5O3S/c1-17(32)27-19-13-15-20(16-14-19)35(33,34)31-26-25(29-23-10-4-5-11-24(23)30-26)28-22-12-6-8-18-7-2-3-9-21(18)22/h2-16H,1H3,(H,27,32)(H,28,29)(H,30,31). The van der Waals surface area contributed by atoms with Crippen LogP contribution in [0.3, 0.4) is 0 Å². The molecule has 35 heavy (non-hydrogen) atoms. The molecule has 0 atom stereocenters. The number of carbonyl (C=O) groups excluding carboxylic acids is 1. The van der Waals surface area contributed by atoms with Crippen molar-refractivity contribution in [3.8, 4) is 0 Å². The van der Waals surface area contributed by atoms with Gasteiger partial charge in [-0.25, -0.2) is 18.4 Å². The van der Waals surface area contributed by atoms with E-state index in [1.807, 2.05) is 60.7 Å². The van der Waals surface area contributed by atoms with Gasteiger partial charge in [-0.05, 0) is 47.9 Å². The molecule has 0 saturated carbocycles. The van der Waals surface area contributed by atoms with Crippen LogP contribution in [0.2, 0.25) is 0 Å². The zero-order valence-electron chi connectivity index (χ0n) is 18.7. The molecule has 0 saturated heterocycles. The van der Waals surface area contributed by atoms with Crippen LogP contribution in [0.1, 0.15) is 6.92 Å². The second kappa shape index (κ2) is 9.03. The van der Waals surface area contributed by atoms with E-state index in [4.69, 9.17) is 0 Å². The van der Waals surface area contributed by atoms with Crippen LogP contribution in [0.25, 0.3) is 21.8 Å². The molecule has 5 aromatic rings. The minimum atomic E-state index is -3.99. The first kappa shape index (κ1) is 22.3. The molecule has 0 bridgehead atoms. The quantitative estimate of drug-likeness (QED) is 0.303. The van der Waals surface area contributed by atoms with Crippen LogP contribution < -0.4 is 15.4 Å². The molecule has 174 valence electrons. The SMILES string of the molecule is CC(=O)Nc1ccc(S(=O)(=O)Nc2nc3ccccc3nc2Nc2cccc3ccccc23)cc1. The number of fused-ring (bicyclic) bond motifs is 2. The fraction of sp³-hybridized carbons (Fsp3) is 0.0385. The first-order valence-corrected chi connectivity index (χ1v) is 12.3. The van der Waals surface area contributed by atoms with Crippen LogP contribution in [0.4, 0.5) is 23.0 Å². The summed E-state index contributed by atoms with van der Waals surface area (Å²) in [5.74, 6) is 0.107. The van der Waals surface area contributed by atoms with E-state index < -0.39 is 10.0 Å². The van der Waals surface area contributed by atoms with Gasteiger partial charge in [0.1, 0.15) is 0 Å². The summed E-state index contributed by atoms with van der Waals surface area (Å²) in [5.41, 5.74) is 2.44. The van der Waals surface area contributed by atoms with Gasteiger partial charge in [-0.1, -0.05) is 48.5 Å². The molecule has 3 N–H and O–H groups in total. The smallest absolute Gasteiger partial charge is 0.263 e.